The molecule has 3 N–H and O–H groups in total. The van der Waals surface area contributed by atoms with Crippen LogP contribution in [0.1, 0.15) is 0 Å². The third-order valence-corrected chi connectivity index (χ3v) is 7.83. The number of phenolic OH excluding ortho intramolecular Hbond substituents is 1. The second-order valence-corrected chi connectivity index (χ2v) is 12.1. The third-order valence-electron chi connectivity index (χ3n) is 4.03. The van der Waals surface area contributed by atoms with Crippen LogP contribution in [-0.4, -0.2) is 53.4 Å². The summed E-state index contributed by atoms with van der Waals surface area (Å²) >= 11 is -5.43. The molecule has 31 heavy (non-hydrogen) atoms. The van der Waals surface area contributed by atoms with Crippen LogP contribution in [0.5, 0.6) is 5.75 Å². The average molecular weight is 530 g/mol. The van der Waals surface area contributed by atoms with E-state index in [1.807, 2.05) is 0 Å². The summed E-state index contributed by atoms with van der Waals surface area (Å²) in [4.78, 5) is -1.88. The van der Waals surface area contributed by atoms with E-state index in [2.05, 4.69) is 10.2 Å². The standard InChI is InChI=1S/C16H13AsN2O10S2/c20-16-14(31(27,28)29)8-9-7-10(30(24,25)26)5-6-11(9)15(16)19-18-13-4-2-1-3-12(13)17(21,22)23/h1-8,20H,(H2,21,22,23)(H,24,25,26)(H,27,28,29)/p-2. The summed E-state index contributed by atoms with van der Waals surface area (Å²) in [5, 5.41) is 17.3. The Morgan fingerprint density at radius 2 is 1.52 bits per heavy atom. The molecule has 0 aliphatic heterocycles. The van der Waals surface area contributed by atoms with Gasteiger partial charge in [-0.15, -0.1) is 0 Å². The molecule has 0 heterocycles. The molecule has 0 aliphatic rings. The summed E-state index contributed by atoms with van der Waals surface area (Å²) in [6.45, 7) is 0. The van der Waals surface area contributed by atoms with Crippen LogP contribution in [0.2, 0.25) is 0 Å². The van der Waals surface area contributed by atoms with E-state index in [0.717, 1.165) is 24.3 Å². The second-order valence-electron chi connectivity index (χ2n) is 6.10. The van der Waals surface area contributed by atoms with Gasteiger partial charge in [-0.25, -0.2) is 0 Å². The van der Waals surface area contributed by atoms with Gasteiger partial charge in [-0.2, -0.15) is 0 Å². The molecule has 0 spiro atoms. The number of azo groups is 1. The van der Waals surface area contributed by atoms with Gasteiger partial charge in [0.15, 0.2) is 0 Å². The zero-order valence-corrected chi connectivity index (χ0v) is 18.5. The molecular weight excluding hydrogens is 519 g/mol. The predicted molar refractivity (Wildman–Crippen MR) is 103 cm³/mol. The van der Waals surface area contributed by atoms with E-state index in [9.17, 15) is 43.0 Å². The van der Waals surface area contributed by atoms with Gasteiger partial charge < -0.3 is 0 Å². The van der Waals surface area contributed by atoms with E-state index in [4.69, 9.17) is 0 Å². The Morgan fingerprint density at radius 3 is 2.10 bits per heavy atom. The molecule has 0 unspecified atom stereocenters. The van der Waals surface area contributed by atoms with Gasteiger partial charge in [0.25, 0.3) is 0 Å². The SMILES string of the molecule is O=S(=O)([O-])c1ccc2c(N=Nc3ccccc3[As](=O)(O)O)c(O)c(S(=O)(=O)[O-])cc2c1. The van der Waals surface area contributed by atoms with Crippen molar-refractivity contribution in [3.05, 3.63) is 48.5 Å². The van der Waals surface area contributed by atoms with Crippen molar-refractivity contribution in [2.45, 2.75) is 9.79 Å². The second kappa shape index (κ2) is 7.84. The number of fused-ring (bicyclic) bond motifs is 1. The number of nitrogens with zero attached hydrogens (tertiary/aromatic N) is 2. The molecule has 15 heteroatoms. The number of hydrogen-bond acceptors (Lipinski definition) is 10. The van der Waals surface area contributed by atoms with Gasteiger partial charge in [0, 0.05) is 0 Å². The summed E-state index contributed by atoms with van der Waals surface area (Å²) in [7, 11) is -10.2. The van der Waals surface area contributed by atoms with Crippen molar-refractivity contribution in [3.8, 4) is 5.75 Å². The molecule has 3 rings (SSSR count). The Labute approximate surface area is 178 Å². The van der Waals surface area contributed by atoms with Crippen molar-refractivity contribution in [1.29, 1.82) is 0 Å². The Morgan fingerprint density at radius 1 is 0.871 bits per heavy atom. The first kappa shape index (κ1) is 23.1. The quantitative estimate of drug-likeness (QED) is 0.233. The van der Waals surface area contributed by atoms with Crippen LogP contribution in [0.15, 0.2) is 68.6 Å². The summed E-state index contributed by atoms with van der Waals surface area (Å²) in [5.41, 5.74) is -0.869. The van der Waals surface area contributed by atoms with Gasteiger partial charge >= 0.3 is 178 Å². The Hall–Kier alpha value is -2.58. The fourth-order valence-electron chi connectivity index (χ4n) is 2.68. The van der Waals surface area contributed by atoms with Crippen molar-refractivity contribution in [2.24, 2.45) is 10.2 Å². The number of aromatic hydroxyl groups is 1. The topological polar surface area (TPSA) is 217 Å². The van der Waals surface area contributed by atoms with E-state index in [-0.39, 0.29) is 16.5 Å². The van der Waals surface area contributed by atoms with Gasteiger partial charge in [0.2, 0.25) is 0 Å². The van der Waals surface area contributed by atoms with Crippen LogP contribution in [0, 0.1) is 0 Å². The molecule has 0 saturated heterocycles. The average Bonchev–Trinajstić information content (AvgIpc) is 2.64. The van der Waals surface area contributed by atoms with Crippen LogP contribution in [0.25, 0.3) is 10.8 Å². The van der Waals surface area contributed by atoms with Crippen LogP contribution in [0.3, 0.4) is 0 Å². The van der Waals surface area contributed by atoms with Crippen molar-refractivity contribution >= 4 is 60.9 Å². The van der Waals surface area contributed by atoms with Gasteiger partial charge in [-0.3, -0.25) is 0 Å². The Bertz CT molecular complexity index is 1490. The maximum absolute atomic E-state index is 11.7. The number of rotatable bonds is 5. The molecule has 164 valence electrons. The van der Waals surface area contributed by atoms with Crippen LogP contribution >= 0.6 is 0 Å². The molecule has 0 amide bonds. The molecule has 3 aromatic carbocycles. The van der Waals surface area contributed by atoms with Crippen LogP contribution in [-0.2, 0) is 24.0 Å². The first-order valence-corrected chi connectivity index (χ1v) is 14.2. The molecule has 0 bridgehead atoms. The van der Waals surface area contributed by atoms with Crippen molar-refractivity contribution < 1.29 is 43.0 Å². The summed E-state index contributed by atoms with van der Waals surface area (Å²) < 4.78 is 98.5. The molecule has 0 saturated carbocycles. The normalized spacial score (nSPS) is 13.2. The Kier molecular flexibility index (Phi) is 5.84. The van der Waals surface area contributed by atoms with Gasteiger partial charge in [0.05, 0.1) is 0 Å². The van der Waals surface area contributed by atoms with Crippen molar-refractivity contribution in [3.63, 3.8) is 0 Å². The predicted octanol–water partition coefficient (Wildman–Crippen LogP) is 0.330. The zero-order valence-electron chi connectivity index (χ0n) is 15.0. The van der Waals surface area contributed by atoms with Gasteiger partial charge in [0.1, 0.15) is 0 Å². The zero-order chi connectivity index (χ0) is 23.2. The molecule has 3 aromatic rings. The molecule has 12 nitrogen and oxygen atoms in total. The molecular formula is C16H11AsN2O10S2-2. The number of benzene rings is 3. The number of phenols is 1. The molecule has 0 aliphatic carbocycles. The summed E-state index contributed by atoms with van der Waals surface area (Å²) in [5.74, 6) is -1.11. The fraction of sp³-hybridized carbons (Fsp3) is 0. The molecule has 0 fully saturated rings. The van der Waals surface area contributed by atoms with Crippen LogP contribution < -0.4 is 4.35 Å². The monoisotopic (exact) mass is 530 g/mol. The van der Waals surface area contributed by atoms with Gasteiger partial charge in [-0.1, -0.05) is 0 Å². The van der Waals surface area contributed by atoms with E-state index in [0.29, 0.717) is 6.07 Å². The maximum atomic E-state index is 11.7. The third kappa shape index (κ3) is 4.85. The summed E-state index contributed by atoms with van der Waals surface area (Å²) in [6, 6.07) is 8.42. The van der Waals surface area contributed by atoms with Crippen LogP contribution in [0.4, 0.5) is 11.4 Å². The van der Waals surface area contributed by atoms with E-state index >= 15 is 0 Å². The first-order chi connectivity index (χ1) is 14.2. The van der Waals surface area contributed by atoms with Gasteiger partial charge in [-0.05, 0) is 0 Å². The molecule has 0 atom stereocenters. The minimum atomic E-state index is -5.43. The Balaban J connectivity index is 2.33. The first-order valence-electron chi connectivity index (χ1n) is 7.98. The fourth-order valence-corrected chi connectivity index (χ4v) is 5.25. The van der Waals surface area contributed by atoms with Crippen molar-refractivity contribution in [1.82, 2.24) is 0 Å². The number of hydrogen-bond donors (Lipinski definition) is 3. The van der Waals surface area contributed by atoms with E-state index in [1.165, 1.54) is 18.2 Å². The molecule has 0 radical (unpaired) electrons. The van der Waals surface area contributed by atoms with E-state index in [1.54, 1.807) is 0 Å². The van der Waals surface area contributed by atoms with E-state index < -0.39 is 60.0 Å². The van der Waals surface area contributed by atoms with Crippen molar-refractivity contribution in [2.75, 3.05) is 0 Å². The minimum absolute atomic E-state index is 0.0833. The molecule has 0 aromatic heterocycles. The summed E-state index contributed by atoms with van der Waals surface area (Å²) in [6.07, 6.45) is 0.